The van der Waals surface area contributed by atoms with Gasteiger partial charge in [-0.1, -0.05) is 35.1 Å². The van der Waals surface area contributed by atoms with Gasteiger partial charge in [0.05, 0.1) is 11.5 Å². The number of halogens is 1. The van der Waals surface area contributed by atoms with E-state index in [0.717, 1.165) is 23.3 Å². The van der Waals surface area contributed by atoms with Crippen LogP contribution in [0.25, 0.3) is 0 Å². The fraction of sp³-hybridized carbons (Fsp3) is 0.450. The second-order valence-electron chi connectivity index (χ2n) is 6.98. The van der Waals surface area contributed by atoms with Gasteiger partial charge in [0.15, 0.2) is 0 Å². The molecule has 1 amide bonds. The molecular weight excluding hydrogens is 414 g/mol. The van der Waals surface area contributed by atoms with Gasteiger partial charge in [0.1, 0.15) is 0 Å². The van der Waals surface area contributed by atoms with Gasteiger partial charge in [-0.2, -0.15) is 0 Å². The molecule has 0 N–H and O–H groups in total. The number of hydrogen-bond acceptors (Lipinski definition) is 6. The smallest absolute Gasteiger partial charge is 0.410 e. The summed E-state index contributed by atoms with van der Waals surface area (Å²) in [7, 11) is 0. The van der Waals surface area contributed by atoms with Crippen molar-refractivity contribution in [3.8, 4) is 0 Å². The first-order chi connectivity index (χ1) is 14.0. The fourth-order valence-corrected chi connectivity index (χ4v) is 4.56. The SMILES string of the molecule is CCOC(=O)N1CCCC1CN(Cc1ccc(Cl)cc1)Cc1ccc([N+](=O)[O-])s1. The molecular formula is C20H24ClN3O4S. The third kappa shape index (κ3) is 5.91. The van der Waals surface area contributed by atoms with Crippen LogP contribution in [0.3, 0.4) is 0 Å². The Balaban J connectivity index is 1.74. The number of likely N-dealkylation sites (tertiary alicyclic amines) is 1. The first-order valence-electron chi connectivity index (χ1n) is 9.59. The van der Waals surface area contributed by atoms with Crippen LogP contribution in [-0.4, -0.2) is 46.6 Å². The van der Waals surface area contributed by atoms with Crippen LogP contribution in [0.4, 0.5) is 9.80 Å². The van der Waals surface area contributed by atoms with E-state index in [9.17, 15) is 14.9 Å². The number of amides is 1. The zero-order valence-electron chi connectivity index (χ0n) is 16.3. The number of nitro groups is 1. The normalized spacial score (nSPS) is 16.4. The number of hydrogen-bond donors (Lipinski definition) is 0. The van der Waals surface area contributed by atoms with Crippen LogP contribution in [0.1, 0.15) is 30.2 Å². The molecule has 0 saturated carbocycles. The molecule has 0 radical (unpaired) electrons. The summed E-state index contributed by atoms with van der Waals surface area (Å²) >= 11 is 7.19. The highest BCUT2D eigenvalue weighted by Gasteiger charge is 2.31. The van der Waals surface area contributed by atoms with Crippen LogP contribution in [-0.2, 0) is 17.8 Å². The molecule has 0 bridgehead atoms. The number of rotatable bonds is 8. The van der Waals surface area contributed by atoms with Crippen molar-refractivity contribution in [1.82, 2.24) is 9.80 Å². The van der Waals surface area contributed by atoms with E-state index in [0.29, 0.717) is 37.8 Å². The second-order valence-corrected chi connectivity index (χ2v) is 8.56. The molecule has 3 rings (SSSR count). The summed E-state index contributed by atoms with van der Waals surface area (Å²) < 4.78 is 5.20. The van der Waals surface area contributed by atoms with E-state index in [-0.39, 0.29) is 22.1 Å². The maximum Gasteiger partial charge on any atom is 0.410 e. The molecule has 1 aromatic heterocycles. The van der Waals surface area contributed by atoms with Crippen molar-refractivity contribution in [2.75, 3.05) is 19.7 Å². The summed E-state index contributed by atoms with van der Waals surface area (Å²) in [5.74, 6) is 0. The number of nitrogens with zero attached hydrogens (tertiary/aromatic N) is 3. The van der Waals surface area contributed by atoms with E-state index in [2.05, 4.69) is 4.90 Å². The molecule has 1 fully saturated rings. The minimum Gasteiger partial charge on any atom is -0.450 e. The molecule has 1 aliphatic heterocycles. The van der Waals surface area contributed by atoms with E-state index < -0.39 is 0 Å². The van der Waals surface area contributed by atoms with Crippen LogP contribution in [0.2, 0.25) is 5.02 Å². The molecule has 2 heterocycles. The Bertz CT molecular complexity index is 843. The van der Waals surface area contributed by atoms with Gasteiger partial charge in [0, 0.05) is 48.2 Å². The Morgan fingerprint density at radius 1 is 1.31 bits per heavy atom. The molecule has 1 unspecified atom stereocenters. The summed E-state index contributed by atoms with van der Waals surface area (Å²) in [4.78, 5) is 27.9. The lowest BCUT2D eigenvalue weighted by Gasteiger charge is -2.30. The maximum atomic E-state index is 12.3. The van der Waals surface area contributed by atoms with E-state index >= 15 is 0 Å². The monoisotopic (exact) mass is 437 g/mol. The Morgan fingerprint density at radius 3 is 2.72 bits per heavy atom. The molecule has 0 aliphatic carbocycles. The minimum absolute atomic E-state index is 0.0660. The molecule has 1 atom stereocenters. The van der Waals surface area contributed by atoms with Crippen molar-refractivity contribution in [3.05, 3.63) is 62.0 Å². The molecule has 1 aliphatic rings. The first-order valence-corrected chi connectivity index (χ1v) is 10.8. The topological polar surface area (TPSA) is 75.9 Å². The Morgan fingerprint density at radius 2 is 2.07 bits per heavy atom. The van der Waals surface area contributed by atoms with Crippen molar-refractivity contribution in [3.63, 3.8) is 0 Å². The summed E-state index contributed by atoms with van der Waals surface area (Å²) in [6, 6.07) is 11.1. The molecule has 7 nitrogen and oxygen atoms in total. The van der Waals surface area contributed by atoms with E-state index in [1.165, 1.54) is 11.3 Å². The zero-order valence-corrected chi connectivity index (χ0v) is 17.8. The minimum atomic E-state index is -0.364. The van der Waals surface area contributed by atoms with Crippen LogP contribution >= 0.6 is 22.9 Å². The second kappa shape index (κ2) is 10.0. The predicted molar refractivity (Wildman–Crippen MR) is 113 cm³/mol. The standard InChI is InChI=1S/C20H24ClN3O4S/c1-2-28-20(25)23-11-3-4-17(23)13-22(12-15-5-7-16(21)8-6-15)14-18-9-10-19(29-18)24(26)27/h5-10,17H,2-4,11-14H2,1H3. The summed E-state index contributed by atoms with van der Waals surface area (Å²) in [6.07, 6.45) is 1.59. The summed E-state index contributed by atoms with van der Waals surface area (Å²) in [5.41, 5.74) is 1.10. The van der Waals surface area contributed by atoms with Crippen LogP contribution < -0.4 is 0 Å². The number of thiophene rings is 1. The van der Waals surface area contributed by atoms with Gasteiger partial charge in [-0.3, -0.25) is 15.0 Å². The first kappa shape index (κ1) is 21.5. The lowest BCUT2D eigenvalue weighted by Crippen LogP contribution is -2.43. The van der Waals surface area contributed by atoms with Crippen molar-refractivity contribution in [2.45, 2.75) is 38.9 Å². The molecule has 1 saturated heterocycles. The molecule has 9 heteroatoms. The number of carbonyl (C=O) groups is 1. The highest BCUT2D eigenvalue weighted by Crippen LogP contribution is 2.27. The van der Waals surface area contributed by atoms with Gasteiger partial charge in [0.2, 0.25) is 0 Å². The fourth-order valence-electron chi connectivity index (χ4n) is 3.57. The zero-order chi connectivity index (χ0) is 20.8. The van der Waals surface area contributed by atoms with Crippen molar-refractivity contribution in [2.24, 2.45) is 0 Å². The molecule has 2 aromatic rings. The van der Waals surface area contributed by atoms with Crippen molar-refractivity contribution >= 4 is 34.0 Å². The van der Waals surface area contributed by atoms with Crippen molar-refractivity contribution < 1.29 is 14.5 Å². The number of ether oxygens (including phenoxy) is 1. The lowest BCUT2D eigenvalue weighted by molar-refractivity contribution is -0.380. The summed E-state index contributed by atoms with van der Waals surface area (Å²) in [6.45, 7) is 4.77. The average Bonchev–Trinajstić information content (AvgIpc) is 3.33. The molecule has 156 valence electrons. The van der Waals surface area contributed by atoms with Crippen LogP contribution in [0.15, 0.2) is 36.4 Å². The maximum absolute atomic E-state index is 12.3. The van der Waals surface area contributed by atoms with Gasteiger partial charge in [-0.15, -0.1) is 0 Å². The van der Waals surface area contributed by atoms with Crippen molar-refractivity contribution in [1.29, 1.82) is 0 Å². The molecule has 0 spiro atoms. The summed E-state index contributed by atoms with van der Waals surface area (Å²) in [5, 5.41) is 11.8. The molecule has 1 aromatic carbocycles. The number of carbonyl (C=O) groups excluding carboxylic acids is 1. The van der Waals surface area contributed by atoms with Gasteiger partial charge >= 0.3 is 11.1 Å². The predicted octanol–water partition coefficient (Wildman–Crippen LogP) is 4.93. The Hall–Kier alpha value is -2.16. The van der Waals surface area contributed by atoms with Gasteiger partial charge in [-0.25, -0.2) is 4.79 Å². The van der Waals surface area contributed by atoms with E-state index in [1.54, 1.807) is 24.0 Å². The Labute approximate surface area is 179 Å². The highest BCUT2D eigenvalue weighted by atomic mass is 35.5. The average molecular weight is 438 g/mol. The van der Waals surface area contributed by atoms with E-state index in [1.807, 2.05) is 24.3 Å². The third-order valence-electron chi connectivity index (χ3n) is 4.87. The number of benzene rings is 1. The highest BCUT2D eigenvalue weighted by molar-refractivity contribution is 7.15. The third-order valence-corrected chi connectivity index (χ3v) is 6.15. The van der Waals surface area contributed by atoms with Crippen LogP contribution in [0.5, 0.6) is 0 Å². The Kier molecular flexibility index (Phi) is 7.46. The van der Waals surface area contributed by atoms with E-state index in [4.69, 9.17) is 16.3 Å². The van der Waals surface area contributed by atoms with Crippen LogP contribution in [0, 0.1) is 10.1 Å². The van der Waals surface area contributed by atoms with Gasteiger partial charge in [-0.05, 0) is 43.5 Å². The van der Waals surface area contributed by atoms with Gasteiger partial charge < -0.3 is 9.64 Å². The largest absolute Gasteiger partial charge is 0.450 e. The van der Waals surface area contributed by atoms with Gasteiger partial charge in [0.25, 0.3) is 0 Å². The lowest BCUT2D eigenvalue weighted by atomic mass is 10.1. The quantitative estimate of drug-likeness (QED) is 0.432. The molecule has 29 heavy (non-hydrogen) atoms.